The monoisotopic (exact) mass is 452 g/mol. The lowest BCUT2D eigenvalue weighted by Gasteiger charge is -2.19. The molecule has 0 spiro atoms. The standard InChI is InChI=1S/C19H24N4O5S2/c1-12-7-5-6-8-13(12)22-17(24)16-15(11-20-19(23-16)30(4,26)27)21-14(9-10-29-3)18(25)28-2/h5-8,11,14,21H,9-10H2,1-4H3,(H,22,24)/t14-/m0/s1. The van der Waals surface area contributed by atoms with Crippen molar-refractivity contribution in [2.75, 3.05) is 36.0 Å². The number of rotatable bonds is 9. The summed E-state index contributed by atoms with van der Waals surface area (Å²) in [4.78, 5) is 32.9. The molecule has 0 saturated carbocycles. The van der Waals surface area contributed by atoms with Crippen LogP contribution in [-0.2, 0) is 19.4 Å². The summed E-state index contributed by atoms with van der Waals surface area (Å²) in [7, 11) is -2.48. The Hall–Kier alpha value is -2.66. The molecule has 0 radical (unpaired) electrons. The minimum Gasteiger partial charge on any atom is -0.467 e. The van der Waals surface area contributed by atoms with Crippen LogP contribution in [0.25, 0.3) is 0 Å². The van der Waals surface area contributed by atoms with Crippen molar-refractivity contribution in [2.24, 2.45) is 0 Å². The number of amides is 1. The molecular formula is C19H24N4O5S2. The van der Waals surface area contributed by atoms with Crippen molar-refractivity contribution in [3.63, 3.8) is 0 Å². The van der Waals surface area contributed by atoms with E-state index >= 15 is 0 Å². The third-order valence-corrected chi connectivity index (χ3v) is 5.64. The summed E-state index contributed by atoms with van der Waals surface area (Å²) in [5, 5.41) is 5.16. The van der Waals surface area contributed by atoms with Gasteiger partial charge in [-0.3, -0.25) is 4.79 Å². The summed E-state index contributed by atoms with van der Waals surface area (Å²) >= 11 is 1.55. The smallest absolute Gasteiger partial charge is 0.328 e. The average molecular weight is 453 g/mol. The maximum Gasteiger partial charge on any atom is 0.328 e. The van der Waals surface area contributed by atoms with Crippen molar-refractivity contribution in [2.45, 2.75) is 24.5 Å². The zero-order chi connectivity index (χ0) is 22.3. The van der Waals surface area contributed by atoms with Gasteiger partial charge in [0.25, 0.3) is 5.91 Å². The van der Waals surface area contributed by atoms with Gasteiger partial charge < -0.3 is 15.4 Å². The predicted octanol–water partition coefficient (Wildman–Crippen LogP) is 2.15. The van der Waals surface area contributed by atoms with E-state index in [2.05, 4.69) is 20.6 Å². The molecule has 1 aromatic heterocycles. The highest BCUT2D eigenvalue weighted by Gasteiger charge is 2.25. The molecule has 0 fully saturated rings. The van der Waals surface area contributed by atoms with Crippen LogP contribution < -0.4 is 10.6 Å². The Kier molecular flexibility index (Phi) is 8.18. The number of aryl methyl sites for hydroxylation is 1. The van der Waals surface area contributed by atoms with Crippen LogP contribution in [0.1, 0.15) is 22.5 Å². The molecule has 0 bridgehead atoms. The molecule has 0 unspecified atom stereocenters. The minimum atomic E-state index is -3.75. The molecule has 162 valence electrons. The fourth-order valence-electron chi connectivity index (χ4n) is 2.53. The number of sulfone groups is 1. The first-order valence-corrected chi connectivity index (χ1v) is 12.2. The van der Waals surface area contributed by atoms with Gasteiger partial charge in [-0.05, 0) is 37.0 Å². The van der Waals surface area contributed by atoms with E-state index < -0.39 is 32.9 Å². The second kappa shape index (κ2) is 10.4. The minimum absolute atomic E-state index is 0.130. The maximum absolute atomic E-state index is 12.9. The van der Waals surface area contributed by atoms with Gasteiger partial charge in [0.05, 0.1) is 19.0 Å². The Balaban J connectivity index is 2.45. The van der Waals surface area contributed by atoms with Crippen molar-refractivity contribution < 1.29 is 22.7 Å². The number of anilines is 2. The number of methoxy groups -OCH3 is 1. The number of carbonyl (C=O) groups excluding carboxylic acids is 2. The fourth-order valence-corrected chi connectivity index (χ4v) is 3.50. The van der Waals surface area contributed by atoms with Crippen molar-refractivity contribution in [1.82, 2.24) is 9.97 Å². The van der Waals surface area contributed by atoms with Crippen LogP contribution in [0, 0.1) is 6.92 Å². The molecule has 1 aromatic carbocycles. The van der Waals surface area contributed by atoms with Gasteiger partial charge in [0.1, 0.15) is 6.04 Å². The van der Waals surface area contributed by atoms with Crippen LogP contribution in [0.5, 0.6) is 0 Å². The molecule has 0 aliphatic heterocycles. The summed E-state index contributed by atoms with van der Waals surface area (Å²) in [5.74, 6) is -0.478. The number of ether oxygens (including phenoxy) is 1. The topological polar surface area (TPSA) is 127 Å². The van der Waals surface area contributed by atoms with E-state index in [0.717, 1.165) is 11.8 Å². The van der Waals surface area contributed by atoms with E-state index in [1.54, 1.807) is 23.9 Å². The summed E-state index contributed by atoms with van der Waals surface area (Å²) in [6.45, 7) is 1.83. The van der Waals surface area contributed by atoms with E-state index in [0.29, 0.717) is 17.9 Å². The maximum atomic E-state index is 12.9. The SMILES string of the molecule is COC(=O)[C@H](CCSC)Nc1cnc(S(C)(=O)=O)nc1C(=O)Nc1ccccc1C. The third-order valence-electron chi connectivity index (χ3n) is 4.13. The first kappa shape index (κ1) is 23.6. The van der Waals surface area contributed by atoms with Crippen LogP contribution in [0.3, 0.4) is 0 Å². The van der Waals surface area contributed by atoms with E-state index in [9.17, 15) is 18.0 Å². The number of thioether (sulfide) groups is 1. The first-order valence-electron chi connectivity index (χ1n) is 8.94. The number of aromatic nitrogens is 2. The number of hydrogen-bond acceptors (Lipinski definition) is 9. The number of carbonyl (C=O) groups is 2. The highest BCUT2D eigenvalue weighted by molar-refractivity contribution is 7.98. The molecule has 1 amide bonds. The first-order chi connectivity index (χ1) is 14.2. The Morgan fingerprint density at radius 2 is 1.93 bits per heavy atom. The Bertz CT molecular complexity index is 1030. The Morgan fingerprint density at radius 1 is 1.23 bits per heavy atom. The summed E-state index contributed by atoms with van der Waals surface area (Å²) in [6.07, 6.45) is 4.47. The lowest BCUT2D eigenvalue weighted by Crippen LogP contribution is -2.33. The molecule has 2 N–H and O–H groups in total. The second-order valence-electron chi connectivity index (χ2n) is 6.46. The average Bonchev–Trinajstić information content (AvgIpc) is 2.71. The molecule has 11 heteroatoms. The van der Waals surface area contributed by atoms with Crippen molar-refractivity contribution in [3.8, 4) is 0 Å². The lowest BCUT2D eigenvalue weighted by atomic mass is 10.2. The number of esters is 1. The molecule has 2 rings (SSSR count). The van der Waals surface area contributed by atoms with Crippen LogP contribution in [0.4, 0.5) is 11.4 Å². The predicted molar refractivity (Wildman–Crippen MR) is 117 cm³/mol. The Morgan fingerprint density at radius 3 is 2.53 bits per heavy atom. The van der Waals surface area contributed by atoms with Gasteiger partial charge in [-0.25, -0.2) is 23.2 Å². The van der Waals surface area contributed by atoms with Gasteiger partial charge >= 0.3 is 5.97 Å². The summed E-state index contributed by atoms with van der Waals surface area (Å²) in [5.41, 5.74) is 1.32. The molecule has 0 aliphatic rings. The highest BCUT2D eigenvalue weighted by atomic mass is 32.2. The molecule has 0 saturated heterocycles. The van der Waals surface area contributed by atoms with E-state index in [1.807, 2.05) is 25.3 Å². The van der Waals surface area contributed by atoms with E-state index in [-0.39, 0.29) is 11.4 Å². The van der Waals surface area contributed by atoms with Crippen LogP contribution in [-0.4, -0.2) is 61.7 Å². The molecule has 0 aliphatic carbocycles. The number of benzene rings is 1. The molecule has 2 aromatic rings. The number of para-hydroxylation sites is 1. The zero-order valence-corrected chi connectivity index (χ0v) is 18.8. The van der Waals surface area contributed by atoms with Gasteiger partial charge in [-0.1, -0.05) is 18.2 Å². The molecule has 9 nitrogen and oxygen atoms in total. The Labute approximate surface area is 179 Å². The number of hydrogen-bond donors (Lipinski definition) is 2. The fraction of sp³-hybridized carbons (Fsp3) is 0.368. The largest absolute Gasteiger partial charge is 0.467 e. The summed E-state index contributed by atoms with van der Waals surface area (Å²) < 4.78 is 28.6. The van der Waals surface area contributed by atoms with Crippen LogP contribution >= 0.6 is 11.8 Å². The third kappa shape index (κ3) is 6.17. The van der Waals surface area contributed by atoms with Gasteiger partial charge in [0, 0.05) is 11.9 Å². The summed E-state index contributed by atoms with van der Waals surface area (Å²) in [6, 6.07) is 6.39. The van der Waals surface area contributed by atoms with Crippen molar-refractivity contribution in [3.05, 3.63) is 41.7 Å². The number of nitrogens with one attached hydrogen (secondary N) is 2. The van der Waals surface area contributed by atoms with E-state index in [4.69, 9.17) is 4.74 Å². The molecule has 1 heterocycles. The number of nitrogens with zero attached hydrogens (tertiary/aromatic N) is 2. The molecular weight excluding hydrogens is 428 g/mol. The van der Waals surface area contributed by atoms with Gasteiger partial charge in [0.2, 0.25) is 15.0 Å². The van der Waals surface area contributed by atoms with Crippen molar-refractivity contribution in [1.29, 1.82) is 0 Å². The van der Waals surface area contributed by atoms with Gasteiger partial charge in [-0.15, -0.1) is 0 Å². The normalized spacial score (nSPS) is 12.1. The van der Waals surface area contributed by atoms with Crippen LogP contribution in [0.15, 0.2) is 35.6 Å². The molecule has 30 heavy (non-hydrogen) atoms. The van der Waals surface area contributed by atoms with Crippen molar-refractivity contribution >= 4 is 44.9 Å². The van der Waals surface area contributed by atoms with Crippen LogP contribution in [0.2, 0.25) is 0 Å². The quantitative estimate of drug-likeness (QED) is 0.434. The van der Waals surface area contributed by atoms with E-state index in [1.165, 1.54) is 13.3 Å². The van der Waals surface area contributed by atoms with Gasteiger partial charge in [0.15, 0.2) is 5.69 Å². The highest BCUT2D eigenvalue weighted by Crippen LogP contribution is 2.20. The van der Waals surface area contributed by atoms with Gasteiger partial charge in [-0.2, -0.15) is 11.8 Å². The zero-order valence-electron chi connectivity index (χ0n) is 17.1. The molecule has 1 atom stereocenters. The lowest BCUT2D eigenvalue weighted by molar-refractivity contribution is -0.141. The second-order valence-corrected chi connectivity index (χ2v) is 9.35.